The number of fused-ring (bicyclic) bond motifs is 1. The first kappa shape index (κ1) is 12.1. The first-order valence-corrected chi connectivity index (χ1v) is 5.86. The summed E-state index contributed by atoms with van der Waals surface area (Å²) in [7, 11) is 0. The predicted molar refractivity (Wildman–Crippen MR) is 67.6 cm³/mol. The van der Waals surface area contributed by atoms with Gasteiger partial charge < -0.3 is 9.73 Å². The average Bonchev–Trinajstić information content (AvgIpc) is 2.59. The van der Waals surface area contributed by atoms with E-state index in [1.165, 1.54) is 12.1 Å². The second kappa shape index (κ2) is 4.49. The molecule has 0 unspecified atom stereocenters. The highest BCUT2D eigenvalue weighted by Crippen LogP contribution is 2.22. The van der Waals surface area contributed by atoms with Gasteiger partial charge in [0.2, 0.25) is 0 Å². The summed E-state index contributed by atoms with van der Waals surface area (Å²) < 4.78 is 18.5. The number of halogens is 1. The number of benzene rings is 1. The Balaban J connectivity index is 2.11. The van der Waals surface area contributed by atoms with Gasteiger partial charge in [0.15, 0.2) is 0 Å². The molecule has 1 aromatic carbocycles. The van der Waals surface area contributed by atoms with Crippen LogP contribution in [0.25, 0.3) is 11.0 Å². The number of nitrogens with one attached hydrogen (secondary N) is 1. The van der Waals surface area contributed by atoms with E-state index < -0.39 is 0 Å². The van der Waals surface area contributed by atoms with Crippen molar-refractivity contribution in [2.75, 3.05) is 6.54 Å². The summed E-state index contributed by atoms with van der Waals surface area (Å²) in [6, 6.07) is 4.62. The third-order valence-electron chi connectivity index (χ3n) is 2.67. The Kier molecular flexibility index (Phi) is 3.20. The van der Waals surface area contributed by atoms with E-state index in [9.17, 15) is 4.39 Å². The molecule has 1 aromatic heterocycles. The molecule has 17 heavy (non-hydrogen) atoms. The van der Waals surface area contributed by atoms with Gasteiger partial charge in [0.1, 0.15) is 11.4 Å². The molecule has 2 aromatic rings. The van der Waals surface area contributed by atoms with Crippen LogP contribution in [-0.4, -0.2) is 12.1 Å². The van der Waals surface area contributed by atoms with E-state index in [2.05, 4.69) is 26.1 Å². The van der Waals surface area contributed by atoms with Crippen molar-refractivity contribution in [1.29, 1.82) is 0 Å². The maximum Gasteiger partial charge on any atom is 0.134 e. The molecule has 1 heterocycles. The number of hydrogen-bond acceptors (Lipinski definition) is 2. The van der Waals surface area contributed by atoms with Crippen molar-refractivity contribution < 1.29 is 8.81 Å². The topological polar surface area (TPSA) is 25.2 Å². The molecule has 0 aliphatic heterocycles. The third kappa shape index (κ3) is 3.07. The first-order chi connectivity index (χ1) is 7.96. The molecule has 0 aliphatic rings. The van der Waals surface area contributed by atoms with Crippen molar-refractivity contribution in [2.45, 2.75) is 32.7 Å². The van der Waals surface area contributed by atoms with Crippen LogP contribution < -0.4 is 5.32 Å². The SMILES string of the molecule is CC(C)(C)NCCc1coc2ccc(F)cc12. The number of furan rings is 1. The minimum atomic E-state index is -0.219. The van der Waals surface area contributed by atoms with Gasteiger partial charge in [0, 0.05) is 10.9 Å². The van der Waals surface area contributed by atoms with Crippen LogP contribution in [0, 0.1) is 5.82 Å². The van der Waals surface area contributed by atoms with Gasteiger partial charge in [-0.05, 0) is 57.5 Å². The molecular weight excluding hydrogens is 217 g/mol. The Morgan fingerprint density at radius 2 is 2.06 bits per heavy atom. The van der Waals surface area contributed by atoms with Crippen molar-refractivity contribution in [2.24, 2.45) is 0 Å². The first-order valence-electron chi connectivity index (χ1n) is 5.86. The summed E-state index contributed by atoms with van der Waals surface area (Å²) in [4.78, 5) is 0. The lowest BCUT2D eigenvalue weighted by molar-refractivity contribution is 0.429. The van der Waals surface area contributed by atoms with E-state index in [-0.39, 0.29) is 11.4 Å². The van der Waals surface area contributed by atoms with Crippen LogP contribution in [0.2, 0.25) is 0 Å². The van der Waals surface area contributed by atoms with Crippen LogP contribution >= 0.6 is 0 Å². The summed E-state index contributed by atoms with van der Waals surface area (Å²) in [5.41, 5.74) is 1.90. The van der Waals surface area contributed by atoms with Gasteiger partial charge in [-0.25, -0.2) is 4.39 Å². The minimum Gasteiger partial charge on any atom is -0.464 e. The largest absolute Gasteiger partial charge is 0.464 e. The second-order valence-electron chi connectivity index (χ2n) is 5.33. The normalized spacial score (nSPS) is 12.2. The molecule has 3 heteroatoms. The van der Waals surface area contributed by atoms with E-state index in [0.717, 1.165) is 29.5 Å². The number of hydrogen-bond donors (Lipinski definition) is 1. The minimum absolute atomic E-state index is 0.102. The maximum absolute atomic E-state index is 13.1. The molecule has 0 amide bonds. The van der Waals surface area contributed by atoms with Crippen LogP contribution in [0.4, 0.5) is 4.39 Å². The van der Waals surface area contributed by atoms with Gasteiger partial charge in [0.05, 0.1) is 6.26 Å². The lowest BCUT2D eigenvalue weighted by atomic mass is 10.1. The zero-order valence-electron chi connectivity index (χ0n) is 10.5. The predicted octanol–water partition coefficient (Wildman–Crippen LogP) is 3.50. The van der Waals surface area contributed by atoms with Crippen molar-refractivity contribution in [3.05, 3.63) is 35.8 Å². The highest BCUT2D eigenvalue weighted by atomic mass is 19.1. The van der Waals surface area contributed by atoms with Gasteiger partial charge in [-0.15, -0.1) is 0 Å². The van der Waals surface area contributed by atoms with E-state index in [4.69, 9.17) is 4.42 Å². The molecule has 0 aliphatic carbocycles. The molecule has 92 valence electrons. The second-order valence-corrected chi connectivity index (χ2v) is 5.33. The molecule has 0 bridgehead atoms. The van der Waals surface area contributed by atoms with Gasteiger partial charge in [0.25, 0.3) is 0 Å². The Labute approximate surface area is 101 Å². The summed E-state index contributed by atoms with van der Waals surface area (Å²) >= 11 is 0. The van der Waals surface area contributed by atoms with Crippen LogP contribution in [-0.2, 0) is 6.42 Å². The fraction of sp³-hybridized carbons (Fsp3) is 0.429. The van der Waals surface area contributed by atoms with Crippen molar-refractivity contribution in [3.8, 4) is 0 Å². The van der Waals surface area contributed by atoms with E-state index in [1.807, 2.05) is 0 Å². The van der Waals surface area contributed by atoms with Crippen LogP contribution in [0.1, 0.15) is 26.3 Å². The zero-order valence-corrected chi connectivity index (χ0v) is 10.5. The molecule has 2 nitrogen and oxygen atoms in total. The smallest absolute Gasteiger partial charge is 0.134 e. The highest BCUT2D eigenvalue weighted by Gasteiger charge is 2.10. The van der Waals surface area contributed by atoms with Gasteiger partial charge in [-0.2, -0.15) is 0 Å². The summed E-state index contributed by atoms with van der Waals surface area (Å²) in [6.45, 7) is 7.23. The molecule has 0 saturated carbocycles. The average molecular weight is 235 g/mol. The van der Waals surface area contributed by atoms with Crippen molar-refractivity contribution >= 4 is 11.0 Å². The Bertz CT molecular complexity index is 510. The Morgan fingerprint density at radius 3 is 2.76 bits per heavy atom. The quantitative estimate of drug-likeness (QED) is 0.880. The fourth-order valence-corrected chi connectivity index (χ4v) is 1.82. The molecule has 0 radical (unpaired) electrons. The molecule has 0 spiro atoms. The molecule has 1 N–H and O–H groups in total. The third-order valence-corrected chi connectivity index (χ3v) is 2.67. The fourth-order valence-electron chi connectivity index (χ4n) is 1.82. The van der Waals surface area contributed by atoms with Gasteiger partial charge in [-0.3, -0.25) is 0 Å². The lowest BCUT2D eigenvalue weighted by Gasteiger charge is -2.20. The van der Waals surface area contributed by atoms with E-state index in [0.29, 0.717) is 0 Å². The summed E-state index contributed by atoms with van der Waals surface area (Å²) in [5.74, 6) is -0.219. The molecule has 0 atom stereocenters. The summed E-state index contributed by atoms with van der Waals surface area (Å²) in [6.07, 6.45) is 2.56. The Hall–Kier alpha value is -1.35. The lowest BCUT2D eigenvalue weighted by Crippen LogP contribution is -2.37. The van der Waals surface area contributed by atoms with Gasteiger partial charge in [-0.1, -0.05) is 0 Å². The maximum atomic E-state index is 13.1. The van der Waals surface area contributed by atoms with Crippen molar-refractivity contribution in [1.82, 2.24) is 5.32 Å². The zero-order chi connectivity index (χ0) is 12.5. The van der Waals surface area contributed by atoms with E-state index in [1.54, 1.807) is 12.3 Å². The Morgan fingerprint density at radius 1 is 1.29 bits per heavy atom. The summed E-state index contributed by atoms with van der Waals surface area (Å²) in [5, 5.41) is 4.28. The number of rotatable bonds is 3. The van der Waals surface area contributed by atoms with Crippen LogP contribution in [0.3, 0.4) is 0 Å². The van der Waals surface area contributed by atoms with Gasteiger partial charge >= 0.3 is 0 Å². The monoisotopic (exact) mass is 235 g/mol. The van der Waals surface area contributed by atoms with Crippen molar-refractivity contribution in [3.63, 3.8) is 0 Å². The van der Waals surface area contributed by atoms with E-state index >= 15 is 0 Å². The molecular formula is C14H18FNO. The molecule has 0 saturated heterocycles. The van der Waals surface area contributed by atoms with Crippen LogP contribution in [0.5, 0.6) is 0 Å². The van der Waals surface area contributed by atoms with Crippen LogP contribution in [0.15, 0.2) is 28.9 Å². The molecule has 0 fully saturated rings. The highest BCUT2D eigenvalue weighted by molar-refractivity contribution is 5.81. The standard InChI is InChI=1S/C14H18FNO/c1-14(2,3)16-7-6-10-9-17-13-5-4-11(15)8-12(10)13/h4-5,8-9,16H,6-7H2,1-3H3. The molecule has 2 rings (SSSR count).